The molecule has 0 saturated carbocycles. The van der Waals surface area contributed by atoms with Gasteiger partial charge in [-0.3, -0.25) is 9.79 Å². The van der Waals surface area contributed by atoms with E-state index < -0.39 is 0 Å². The molecule has 6 nitrogen and oxygen atoms in total. The van der Waals surface area contributed by atoms with Gasteiger partial charge in [0.1, 0.15) is 5.82 Å². The lowest BCUT2D eigenvalue weighted by atomic mass is 10.3. The van der Waals surface area contributed by atoms with Crippen LogP contribution in [0.5, 0.6) is 0 Å². The number of unbranched alkanes of at least 4 members (excludes halogenated alkanes) is 1. The Labute approximate surface area is 126 Å². The Bertz CT molecular complexity index is 473. The average molecular weight is 291 g/mol. The Kier molecular flexibility index (Phi) is 7.86. The number of anilines is 1. The monoisotopic (exact) mass is 291 g/mol. The molecule has 1 rings (SSSR count). The minimum absolute atomic E-state index is 0.0652. The van der Waals surface area contributed by atoms with E-state index >= 15 is 0 Å². The van der Waals surface area contributed by atoms with Crippen LogP contribution in [0, 0.1) is 6.92 Å². The Hall–Kier alpha value is -2.11. The molecule has 1 aromatic heterocycles. The second kappa shape index (κ2) is 9.74. The van der Waals surface area contributed by atoms with Gasteiger partial charge in [-0.15, -0.1) is 0 Å². The lowest BCUT2D eigenvalue weighted by Gasteiger charge is -2.11. The first-order valence-electron chi connectivity index (χ1n) is 7.33. The molecule has 0 unspecified atom stereocenters. The van der Waals surface area contributed by atoms with E-state index in [1.807, 2.05) is 19.1 Å². The SMILES string of the molecule is CCCCNC(=NC)NCCC(=O)Nc1cccc(C)n1. The number of carbonyl (C=O) groups is 1. The predicted molar refractivity (Wildman–Crippen MR) is 86.5 cm³/mol. The molecule has 0 radical (unpaired) electrons. The first-order chi connectivity index (χ1) is 10.2. The zero-order valence-corrected chi connectivity index (χ0v) is 13.1. The lowest BCUT2D eigenvalue weighted by Crippen LogP contribution is -2.39. The molecule has 1 aromatic rings. The van der Waals surface area contributed by atoms with E-state index in [4.69, 9.17) is 0 Å². The van der Waals surface area contributed by atoms with Crippen LogP contribution in [0.3, 0.4) is 0 Å². The van der Waals surface area contributed by atoms with Crippen LogP contribution in [0.1, 0.15) is 31.9 Å². The summed E-state index contributed by atoms with van der Waals surface area (Å²) in [6.45, 7) is 5.45. The first kappa shape index (κ1) is 16.9. The lowest BCUT2D eigenvalue weighted by molar-refractivity contribution is -0.116. The van der Waals surface area contributed by atoms with E-state index in [1.165, 1.54) is 0 Å². The zero-order valence-electron chi connectivity index (χ0n) is 13.1. The number of carbonyl (C=O) groups excluding carboxylic acids is 1. The molecule has 0 aromatic carbocycles. The van der Waals surface area contributed by atoms with Gasteiger partial charge in [0.2, 0.25) is 5.91 Å². The second-order valence-electron chi connectivity index (χ2n) is 4.74. The highest BCUT2D eigenvalue weighted by molar-refractivity contribution is 5.90. The number of nitrogens with zero attached hydrogens (tertiary/aromatic N) is 2. The van der Waals surface area contributed by atoms with Crippen molar-refractivity contribution in [3.05, 3.63) is 23.9 Å². The first-order valence-corrected chi connectivity index (χ1v) is 7.33. The van der Waals surface area contributed by atoms with Crippen LogP contribution in [0.25, 0.3) is 0 Å². The molecule has 116 valence electrons. The molecule has 3 N–H and O–H groups in total. The minimum atomic E-state index is -0.0652. The molecule has 0 saturated heterocycles. The maximum absolute atomic E-state index is 11.8. The van der Waals surface area contributed by atoms with Gasteiger partial charge in [-0.25, -0.2) is 4.98 Å². The summed E-state index contributed by atoms with van der Waals surface area (Å²) in [6, 6.07) is 5.54. The maximum atomic E-state index is 11.8. The van der Waals surface area contributed by atoms with Crippen LogP contribution in [-0.2, 0) is 4.79 Å². The Morgan fingerprint density at radius 1 is 1.29 bits per heavy atom. The van der Waals surface area contributed by atoms with Gasteiger partial charge < -0.3 is 16.0 Å². The van der Waals surface area contributed by atoms with Crippen LogP contribution in [0.4, 0.5) is 5.82 Å². The zero-order chi connectivity index (χ0) is 15.5. The number of pyridine rings is 1. The van der Waals surface area contributed by atoms with Crippen molar-refractivity contribution in [2.75, 3.05) is 25.5 Å². The number of aryl methyl sites for hydroxylation is 1. The molecule has 0 spiro atoms. The highest BCUT2D eigenvalue weighted by Gasteiger charge is 2.04. The van der Waals surface area contributed by atoms with Gasteiger partial charge in [-0.05, 0) is 25.5 Å². The third-order valence-electron chi connectivity index (χ3n) is 2.85. The molecule has 0 aliphatic rings. The van der Waals surface area contributed by atoms with E-state index in [9.17, 15) is 4.79 Å². The van der Waals surface area contributed by atoms with Crippen molar-refractivity contribution in [3.63, 3.8) is 0 Å². The minimum Gasteiger partial charge on any atom is -0.356 e. The number of hydrogen-bond donors (Lipinski definition) is 3. The Morgan fingerprint density at radius 2 is 2.05 bits per heavy atom. The number of nitrogens with one attached hydrogen (secondary N) is 3. The fourth-order valence-electron chi connectivity index (χ4n) is 1.72. The molecule has 0 aliphatic heterocycles. The van der Waals surface area contributed by atoms with Gasteiger partial charge >= 0.3 is 0 Å². The molecule has 0 atom stereocenters. The van der Waals surface area contributed by atoms with E-state index in [0.717, 1.165) is 31.0 Å². The number of guanidine groups is 1. The summed E-state index contributed by atoms with van der Waals surface area (Å²) in [6.07, 6.45) is 2.60. The highest BCUT2D eigenvalue weighted by atomic mass is 16.1. The predicted octanol–water partition coefficient (Wildman–Crippen LogP) is 1.68. The van der Waals surface area contributed by atoms with Crippen molar-refractivity contribution >= 4 is 17.7 Å². The van der Waals surface area contributed by atoms with Crippen molar-refractivity contribution in [3.8, 4) is 0 Å². The number of aromatic nitrogens is 1. The van der Waals surface area contributed by atoms with E-state index in [1.54, 1.807) is 13.1 Å². The summed E-state index contributed by atoms with van der Waals surface area (Å²) >= 11 is 0. The number of rotatable bonds is 7. The van der Waals surface area contributed by atoms with E-state index in [0.29, 0.717) is 18.8 Å². The third kappa shape index (κ3) is 7.29. The standard InChI is InChI=1S/C15H25N5O/c1-4-5-10-17-15(16-3)18-11-9-14(21)20-13-8-6-7-12(2)19-13/h6-8H,4-5,9-11H2,1-3H3,(H2,16,17,18)(H,19,20,21). The van der Waals surface area contributed by atoms with Crippen molar-refractivity contribution in [1.82, 2.24) is 15.6 Å². The quantitative estimate of drug-likeness (QED) is 0.406. The second-order valence-corrected chi connectivity index (χ2v) is 4.74. The fraction of sp³-hybridized carbons (Fsp3) is 0.533. The van der Waals surface area contributed by atoms with E-state index in [-0.39, 0.29) is 5.91 Å². The third-order valence-corrected chi connectivity index (χ3v) is 2.85. The summed E-state index contributed by atoms with van der Waals surface area (Å²) in [5, 5.41) is 9.09. The molecule has 0 bridgehead atoms. The molecule has 1 heterocycles. The topological polar surface area (TPSA) is 78.4 Å². The van der Waals surface area contributed by atoms with Gasteiger partial charge in [0.05, 0.1) is 0 Å². The van der Waals surface area contributed by atoms with Gasteiger partial charge in [0.25, 0.3) is 0 Å². The summed E-state index contributed by atoms with van der Waals surface area (Å²) in [5.41, 5.74) is 0.881. The average Bonchev–Trinajstić information content (AvgIpc) is 2.45. The summed E-state index contributed by atoms with van der Waals surface area (Å²) < 4.78 is 0. The Morgan fingerprint density at radius 3 is 2.71 bits per heavy atom. The summed E-state index contributed by atoms with van der Waals surface area (Å²) in [5.74, 6) is 1.25. The fourth-order valence-corrected chi connectivity index (χ4v) is 1.72. The van der Waals surface area contributed by atoms with Crippen molar-refractivity contribution in [1.29, 1.82) is 0 Å². The maximum Gasteiger partial charge on any atom is 0.227 e. The normalized spacial score (nSPS) is 11.1. The molecule has 1 amide bonds. The van der Waals surface area contributed by atoms with Crippen LogP contribution in [0.2, 0.25) is 0 Å². The Balaban J connectivity index is 2.26. The van der Waals surface area contributed by atoms with Crippen molar-refractivity contribution < 1.29 is 4.79 Å². The summed E-state index contributed by atoms with van der Waals surface area (Å²) in [4.78, 5) is 20.1. The molecule has 0 fully saturated rings. The van der Waals surface area contributed by atoms with Gasteiger partial charge in [0.15, 0.2) is 5.96 Å². The van der Waals surface area contributed by atoms with Crippen LogP contribution >= 0.6 is 0 Å². The van der Waals surface area contributed by atoms with Gasteiger partial charge in [-0.2, -0.15) is 0 Å². The van der Waals surface area contributed by atoms with Crippen LogP contribution in [-0.4, -0.2) is 37.0 Å². The molecular formula is C15H25N5O. The molecule has 6 heteroatoms. The van der Waals surface area contributed by atoms with Gasteiger partial charge in [-0.1, -0.05) is 19.4 Å². The van der Waals surface area contributed by atoms with E-state index in [2.05, 4.69) is 32.9 Å². The van der Waals surface area contributed by atoms with Crippen LogP contribution in [0.15, 0.2) is 23.2 Å². The number of amides is 1. The largest absolute Gasteiger partial charge is 0.356 e. The summed E-state index contributed by atoms with van der Waals surface area (Å²) in [7, 11) is 1.72. The molecule has 21 heavy (non-hydrogen) atoms. The molecular weight excluding hydrogens is 266 g/mol. The van der Waals surface area contributed by atoms with Gasteiger partial charge in [0, 0.05) is 32.3 Å². The number of hydrogen-bond acceptors (Lipinski definition) is 3. The number of aliphatic imine (C=N–C) groups is 1. The molecule has 0 aliphatic carbocycles. The smallest absolute Gasteiger partial charge is 0.227 e. The van der Waals surface area contributed by atoms with Crippen LogP contribution < -0.4 is 16.0 Å². The van der Waals surface area contributed by atoms with Crippen molar-refractivity contribution in [2.24, 2.45) is 4.99 Å². The highest BCUT2D eigenvalue weighted by Crippen LogP contribution is 2.03. The van der Waals surface area contributed by atoms with Crippen molar-refractivity contribution in [2.45, 2.75) is 33.1 Å².